The van der Waals surface area contributed by atoms with E-state index in [1.54, 1.807) is 58.5 Å². The van der Waals surface area contributed by atoms with E-state index in [1.165, 1.54) is 4.90 Å². The molecule has 4 heterocycles. The molecule has 0 radical (unpaired) electrons. The van der Waals surface area contributed by atoms with Crippen LogP contribution in [0.2, 0.25) is 0 Å². The van der Waals surface area contributed by atoms with Gasteiger partial charge in [-0.25, -0.2) is 9.69 Å². The number of carbonyl (C=O) groups excluding carboxylic acids is 3. The van der Waals surface area contributed by atoms with E-state index in [9.17, 15) is 19.6 Å². The fourth-order valence-electron chi connectivity index (χ4n) is 5.34. The summed E-state index contributed by atoms with van der Waals surface area (Å²) in [6.07, 6.45) is 2.16. The number of nitrogens with zero attached hydrogens (tertiary/aromatic N) is 5. The zero-order chi connectivity index (χ0) is 22.9. The molecule has 3 unspecified atom stereocenters. The normalized spacial score (nSPS) is 23.4. The second kappa shape index (κ2) is 7.12. The average molecular weight is 502 g/mol. The van der Waals surface area contributed by atoms with Gasteiger partial charge >= 0.3 is 6.03 Å². The van der Waals surface area contributed by atoms with Crippen molar-refractivity contribution < 1.29 is 14.4 Å². The fourth-order valence-corrected chi connectivity index (χ4v) is 5.74. The van der Waals surface area contributed by atoms with Crippen molar-refractivity contribution in [3.63, 3.8) is 0 Å². The predicted octanol–water partition coefficient (Wildman–Crippen LogP) is 3.30. The first-order chi connectivity index (χ1) is 16.0. The van der Waals surface area contributed by atoms with Crippen LogP contribution in [0.5, 0.6) is 0 Å². The van der Waals surface area contributed by atoms with Gasteiger partial charge in [0.1, 0.15) is 12.1 Å². The minimum absolute atomic E-state index is 0.143. The molecular formula is C24H16BrN5O3. The van der Waals surface area contributed by atoms with Crippen molar-refractivity contribution in [3.8, 4) is 6.07 Å². The molecule has 2 aromatic carbocycles. The maximum absolute atomic E-state index is 13.6. The Labute approximate surface area is 197 Å². The molecule has 4 amide bonds. The standard InChI is InChI=1S/C24H16BrN5O3/c25-15-4-1-3-13(9-15)22(31)28-12-16-10-19(28)21-23(32)30(24(33)29(16)21)18-7-6-14(11-26)20-17(18)5-2-8-27-20/h1-9,16,19,21H,10,12H2. The highest BCUT2D eigenvalue weighted by atomic mass is 79.9. The molecule has 0 aliphatic carbocycles. The molecule has 6 rings (SSSR count). The molecule has 8 nitrogen and oxygen atoms in total. The van der Waals surface area contributed by atoms with Crippen molar-refractivity contribution in [2.24, 2.45) is 0 Å². The Morgan fingerprint density at radius 2 is 2.00 bits per heavy atom. The van der Waals surface area contributed by atoms with Crippen LogP contribution in [-0.4, -0.2) is 57.3 Å². The first kappa shape index (κ1) is 19.9. The number of anilines is 1. The lowest BCUT2D eigenvalue weighted by atomic mass is 10.1. The summed E-state index contributed by atoms with van der Waals surface area (Å²) in [6, 6.07) is 14.2. The quantitative estimate of drug-likeness (QED) is 0.501. The summed E-state index contributed by atoms with van der Waals surface area (Å²) in [5.41, 5.74) is 1.77. The fraction of sp³-hybridized carbons (Fsp3) is 0.208. The number of carbonyl (C=O) groups is 3. The van der Waals surface area contributed by atoms with E-state index in [4.69, 9.17) is 0 Å². The number of hydrogen-bond acceptors (Lipinski definition) is 5. The summed E-state index contributed by atoms with van der Waals surface area (Å²) in [6.45, 7) is 0.398. The first-order valence-corrected chi connectivity index (χ1v) is 11.3. The van der Waals surface area contributed by atoms with Crippen LogP contribution in [0.15, 0.2) is 59.2 Å². The maximum Gasteiger partial charge on any atom is 0.332 e. The minimum Gasteiger partial charge on any atom is -0.331 e. The third-order valence-electron chi connectivity index (χ3n) is 6.70. The van der Waals surface area contributed by atoms with Crippen molar-refractivity contribution in [2.45, 2.75) is 24.5 Å². The topological polar surface area (TPSA) is 97.6 Å². The van der Waals surface area contributed by atoms with E-state index in [0.717, 1.165) is 4.47 Å². The number of piperazine rings is 1. The maximum atomic E-state index is 13.6. The number of fused-ring (bicyclic) bond motifs is 6. The number of hydrogen-bond donors (Lipinski definition) is 0. The Kier molecular flexibility index (Phi) is 4.29. The van der Waals surface area contributed by atoms with Gasteiger partial charge in [-0.05, 0) is 48.9 Å². The second-order valence-corrected chi connectivity index (χ2v) is 9.29. The zero-order valence-corrected chi connectivity index (χ0v) is 18.8. The van der Waals surface area contributed by atoms with Gasteiger partial charge in [0.2, 0.25) is 0 Å². The Balaban J connectivity index is 1.37. The average Bonchev–Trinajstić information content (AvgIpc) is 3.49. The lowest BCUT2D eigenvalue weighted by Crippen LogP contribution is -2.54. The third kappa shape index (κ3) is 2.74. The molecule has 2 bridgehead atoms. The predicted molar refractivity (Wildman–Crippen MR) is 122 cm³/mol. The van der Waals surface area contributed by atoms with Crippen LogP contribution in [0, 0.1) is 11.3 Å². The largest absolute Gasteiger partial charge is 0.332 e. The molecule has 0 spiro atoms. The summed E-state index contributed by atoms with van der Waals surface area (Å²) < 4.78 is 0.805. The molecule has 3 aromatic rings. The molecule has 0 N–H and O–H groups in total. The van der Waals surface area contributed by atoms with Crippen molar-refractivity contribution in [1.82, 2.24) is 14.8 Å². The third-order valence-corrected chi connectivity index (χ3v) is 7.20. The van der Waals surface area contributed by atoms with Crippen LogP contribution < -0.4 is 4.90 Å². The van der Waals surface area contributed by atoms with E-state index < -0.39 is 6.04 Å². The Hall–Kier alpha value is -3.77. The Bertz CT molecular complexity index is 1420. The number of urea groups is 1. The van der Waals surface area contributed by atoms with E-state index in [-0.39, 0.29) is 29.9 Å². The number of amides is 4. The molecule has 3 atom stereocenters. The van der Waals surface area contributed by atoms with Crippen LogP contribution in [0.25, 0.3) is 10.9 Å². The molecule has 3 saturated heterocycles. The van der Waals surface area contributed by atoms with E-state index in [2.05, 4.69) is 27.0 Å². The molecule has 3 aliphatic heterocycles. The van der Waals surface area contributed by atoms with Gasteiger partial charge in [0.25, 0.3) is 11.8 Å². The van der Waals surface area contributed by atoms with Gasteiger partial charge in [-0.2, -0.15) is 5.26 Å². The number of likely N-dealkylation sites (tertiary alicyclic amines) is 1. The van der Waals surface area contributed by atoms with Gasteiger partial charge in [0.15, 0.2) is 0 Å². The van der Waals surface area contributed by atoms with Gasteiger partial charge < -0.3 is 9.80 Å². The molecule has 9 heteroatoms. The highest BCUT2D eigenvalue weighted by molar-refractivity contribution is 9.10. The Morgan fingerprint density at radius 3 is 2.79 bits per heavy atom. The van der Waals surface area contributed by atoms with Gasteiger partial charge in [0.05, 0.1) is 28.9 Å². The van der Waals surface area contributed by atoms with Crippen LogP contribution in [-0.2, 0) is 4.79 Å². The minimum atomic E-state index is -0.713. The van der Waals surface area contributed by atoms with Crippen LogP contribution in [0.3, 0.4) is 0 Å². The summed E-state index contributed by atoms with van der Waals surface area (Å²) >= 11 is 3.40. The smallest absolute Gasteiger partial charge is 0.331 e. The summed E-state index contributed by atoms with van der Waals surface area (Å²) in [5.74, 6) is -0.496. The number of imide groups is 1. The SMILES string of the molecule is N#Cc1ccc(N2C(=O)C3C4CC(CN4C(=O)c4cccc(Br)c4)N3C2=O)c2cccnc12. The lowest BCUT2D eigenvalue weighted by molar-refractivity contribution is -0.121. The summed E-state index contributed by atoms with van der Waals surface area (Å²) in [4.78, 5) is 49.0. The monoisotopic (exact) mass is 501 g/mol. The van der Waals surface area contributed by atoms with Gasteiger partial charge in [-0.3, -0.25) is 14.6 Å². The van der Waals surface area contributed by atoms with E-state index in [1.807, 2.05) is 6.07 Å². The summed E-state index contributed by atoms with van der Waals surface area (Å²) in [5, 5.41) is 9.97. The van der Waals surface area contributed by atoms with Crippen LogP contribution in [0.4, 0.5) is 10.5 Å². The van der Waals surface area contributed by atoms with Gasteiger partial charge in [-0.15, -0.1) is 0 Å². The second-order valence-electron chi connectivity index (χ2n) is 8.38. The molecular weight excluding hydrogens is 486 g/mol. The highest BCUT2D eigenvalue weighted by Crippen LogP contribution is 2.44. The van der Waals surface area contributed by atoms with Crippen LogP contribution in [0.1, 0.15) is 22.3 Å². The Morgan fingerprint density at radius 1 is 1.15 bits per heavy atom. The lowest BCUT2D eigenvalue weighted by Gasteiger charge is -2.35. The van der Waals surface area contributed by atoms with E-state index >= 15 is 0 Å². The van der Waals surface area contributed by atoms with Crippen molar-refractivity contribution in [1.29, 1.82) is 5.26 Å². The number of rotatable bonds is 2. The van der Waals surface area contributed by atoms with E-state index in [0.29, 0.717) is 40.7 Å². The number of halogens is 1. The van der Waals surface area contributed by atoms with Crippen molar-refractivity contribution >= 4 is 50.4 Å². The number of pyridine rings is 1. The first-order valence-electron chi connectivity index (χ1n) is 10.5. The molecule has 33 heavy (non-hydrogen) atoms. The molecule has 1 aromatic heterocycles. The molecule has 3 fully saturated rings. The highest BCUT2D eigenvalue weighted by Gasteiger charge is 2.63. The molecule has 3 aliphatic rings. The van der Waals surface area contributed by atoms with Crippen LogP contribution >= 0.6 is 15.9 Å². The van der Waals surface area contributed by atoms with Gasteiger partial charge in [0, 0.05) is 28.2 Å². The van der Waals surface area contributed by atoms with Gasteiger partial charge in [-0.1, -0.05) is 22.0 Å². The number of benzene rings is 2. The number of aromatic nitrogens is 1. The number of nitriles is 1. The zero-order valence-electron chi connectivity index (χ0n) is 17.2. The molecule has 162 valence electrons. The van der Waals surface area contributed by atoms with Crippen molar-refractivity contribution in [2.75, 3.05) is 11.4 Å². The molecule has 0 saturated carbocycles. The van der Waals surface area contributed by atoms with Crippen molar-refractivity contribution in [3.05, 3.63) is 70.3 Å². The summed E-state index contributed by atoms with van der Waals surface area (Å²) in [7, 11) is 0.